The summed E-state index contributed by atoms with van der Waals surface area (Å²) in [6, 6.07) is 47.9. The fourth-order valence-electron chi connectivity index (χ4n) is 9.18. The molecule has 5 aliphatic rings. The van der Waals surface area contributed by atoms with Crippen LogP contribution in [0.15, 0.2) is 183 Å². The van der Waals surface area contributed by atoms with E-state index in [1.807, 2.05) is 115 Å². The molecule has 6 aromatic heterocycles. The molecule has 10 heterocycles. The second-order valence-corrected chi connectivity index (χ2v) is 40.4. The van der Waals surface area contributed by atoms with Gasteiger partial charge in [-0.2, -0.15) is 8.75 Å². The predicted octanol–water partition coefficient (Wildman–Crippen LogP) is 32.7. The van der Waals surface area contributed by atoms with Crippen LogP contribution >= 0.6 is 34.4 Å². The summed E-state index contributed by atoms with van der Waals surface area (Å²) in [6.07, 6.45) is 22.4. The molecule has 1 saturated carbocycles. The van der Waals surface area contributed by atoms with Crippen molar-refractivity contribution in [2.24, 2.45) is 53.3 Å². The molecule has 1 aliphatic carbocycles. The van der Waals surface area contributed by atoms with Crippen molar-refractivity contribution in [1.29, 1.82) is 0 Å². The van der Waals surface area contributed by atoms with Gasteiger partial charge < -0.3 is 44.2 Å². The average Bonchev–Trinajstić information content (AvgIpc) is 1.70. The normalized spacial score (nSPS) is 13.3. The van der Waals surface area contributed by atoms with E-state index in [0.29, 0.717) is 11.8 Å². The van der Waals surface area contributed by atoms with Gasteiger partial charge >= 0.3 is 0 Å². The number of hydrogen-bond acceptors (Lipinski definition) is 18. The molecule has 0 amide bonds. The van der Waals surface area contributed by atoms with Gasteiger partial charge in [0.25, 0.3) is 0 Å². The van der Waals surface area contributed by atoms with Crippen molar-refractivity contribution in [3.05, 3.63) is 181 Å². The number of hydrogen-bond donors (Lipinski definition) is 4. The third kappa shape index (κ3) is 84.0. The Kier molecular flexibility index (Phi) is 83.1. The molecule has 4 aliphatic heterocycles. The molecule has 0 atom stereocenters. The molecule has 0 radical (unpaired) electrons. The van der Waals surface area contributed by atoms with E-state index < -0.39 is 0 Å². The zero-order valence-corrected chi connectivity index (χ0v) is 87.9. The van der Waals surface area contributed by atoms with E-state index >= 15 is 0 Å². The molecule has 4 saturated heterocycles. The summed E-state index contributed by atoms with van der Waals surface area (Å²) < 4.78 is 35.9. The SMILES string of the molecule is C1CCCCC1.C1CCNCC1.C1CCOCC1.C1CNCCN1.C1COCCN1.CC(C)C.CC(C)C.CC(C)C.CC(C)C.CC(C)C.CC(C)C.CC(C)C.CC(C)C.CC(C)C.CC(C)c1nc2ccccc2o1.CC(C)c1nc2ccccc2s1.c1ccc2nocc2c1.c1ccc2nscc2c1.c1ccc2oncc2c1.c1ccc2sncc2c1. The third-order valence-electron chi connectivity index (χ3n) is 14.3. The van der Waals surface area contributed by atoms with Crippen molar-refractivity contribution in [1.82, 2.24) is 50.3 Å². The maximum absolute atomic E-state index is 5.52. The number of rotatable bonds is 2. The molecule has 0 spiro atoms. The molecule has 714 valence electrons. The van der Waals surface area contributed by atoms with Crippen LogP contribution in [0.1, 0.15) is 314 Å². The third-order valence-corrected chi connectivity index (χ3v) is 17.0. The number of para-hydroxylation sites is 4. The molecule has 5 fully saturated rings. The minimum atomic E-state index is 0.359. The Morgan fingerprint density at radius 3 is 1.04 bits per heavy atom. The Hall–Kier alpha value is -6.84. The molecule has 0 unspecified atom stereocenters. The Labute approximate surface area is 782 Å². The van der Waals surface area contributed by atoms with Crippen molar-refractivity contribution >= 4 is 98.6 Å². The van der Waals surface area contributed by atoms with Crippen LogP contribution in [-0.4, -0.2) is 108 Å². The number of aromatic nitrogens is 6. The van der Waals surface area contributed by atoms with Crippen LogP contribution in [0.3, 0.4) is 0 Å². The van der Waals surface area contributed by atoms with E-state index in [9.17, 15) is 0 Å². The number of nitrogens with one attached hydrogen (secondary N) is 4. The summed E-state index contributed by atoms with van der Waals surface area (Å²) in [5.41, 5.74) is 5.81. The lowest BCUT2D eigenvalue weighted by Gasteiger charge is -2.11. The van der Waals surface area contributed by atoms with E-state index in [0.717, 1.165) is 169 Å². The van der Waals surface area contributed by atoms with E-state index in [1.54, 1.807) is 23.8 Å². The average molecular weight is 1800 g/mol. The van der Waals surface area contributed by atoms with Gasteiger partial charge in [0.2, 0.25) is 0 Å². The highest BCUT2D eigenvalue weighted by molar-refractivity contribution is 7.18. The van der Waals surface area contributed by atoms with Crippen molar-refractivity contribution in [2.45, 2.75) is 304 Å². The lowest BCUT2D eigenvalue weighted by molar-refractivity contribution is 0.0968. The topological polar surface area (TPSA) is 183 Å². The minimum Gasteiger partial charge on any atom is -0.440 e. The maximum atomic E-state index is 5.52. The summed E-state index contributed by atoms with van der Waals surface area (Å²) in [6.45, 7) is 79.9. The van der Waals surface area contributed by atoms with Crippen LogP contribution in [0.25, 0.3) is 64.2 Å². The van der Waals surface area contributed by atoms with E-state index in [4.69, 9.17) is 22.9 Å². The second kappa shape index (κ2) is 85.0. The van der Waals surface area contributed by atoms with Crippen LogP contribution < -0.4 is 21.3 Å². The molecule has 0 bridgehead atoms. The monoisotopic (exact) mass is 1800 g/mol. The number of ether oxygens (including phenoxy) is 2. The van der Waals surface area contributed by atoms with Crippen molar-refractivity contribution in [3.63, 3.8) is 0 Å². The fourth-order valence-corrected chi connectivity index (χ4v) is 11.4. The molecule has 15 nitrogen and oxygen atoms in total. The van der Waals surface area contributed by atoms with Crippen LogP contribution in [-0.2, 0) is 9.47 Å². The van der Waals surface area contributed by atoms with Crippen molar-refractivity contribution in [3.8, 4) is 0 Å². The number of fused-ring (bicyclic) bond motifs is 6. The van der Waals surface area contributed by atoms with Crippen molar-refractivity contribution in [2.75, 3.05) is 78.8 Å². The second-order valence-electron chi connectivity index (χ2n) is 37.9. The first-order valence-electron chi connectivity index (χ1n) is 47.9. The molecular formula is C108H184N10O5S3. The molecule has 4 N–H and O–H groups in total. The van der Waals surface area contributed by atoms with Gasteiger partial charge in [-0.1, -0.05) is 355 Å². The van der Waals surface area contributed by atoms with Gasteiger partial charge in [0.1, 0.15) is 17.3 Å². The van der Waals surface area contributed by atoms with Gasteiger partial charge in [-0.15, -0.1) is 11.3 Å². The lowest BCUT2D eigenvalue weighted by Crippen LogP contribution is -2.39. The van der Waals surface area contributed by atoms with Gasteiger partial charge in [0, 0.05) is 97.4 Å². The molecule has 18 heteroatoms. The highest BCUT2D eigenvalue weighted by Gasteiger charge is 2.09. The predicted molar refractivity (Wildman–Crippen MR) is 562 cm³/mol. The van der Waals surface area contributed by atoms with Gasteiger partial charge in [-0.05, 0) is 182 Å². The Morgan fingerprint density at radius 1 is 0.310 bits per heavy atom. The lowest BCUT2D eigenvalue weighted by atomic mass is 10.0. The molecular weight excluding hydrogens is 1610 g/mol. The van der Waals surface area contributed by atoms with Gasteiger partial charge in [-0.3, -0.25) is 0 Å². The summed E-state index contributed by atoms with van der Waals surface area (Å²) in [4.78, 5) is 8.88. The van der Waals surface area contributed by atoms with E-state index in [-0.39, 0.29) is 0 Å². The van der Waals surface area contributed by atoms with Crippen molar-refractivity contribution < 1.29 is 22.9 Å². The minimum absolute atomic E-state index is 0.359. The highest BCUT2D eigenvalue weighted by Crippen LogP contribution is 2.27. The molecule has 12 aromatic rings. The largest absolute Gasteiger partial charge is 0.440 e. The number of piperazine rings is 1. The summed E-state index contributed by atoms with van der Waals surface area (Å²) >= 11 is 4.83. The van der Waals surface area contributed by atoms with E-state index in [2.05, 4.69) is 307 Å². The Morgan fingerprint density at radius 2 is 0.683 bits per heavy atom. The number of thiazole rings is 1. The maximum Gasteiger partial charge on any atom is 0.198 e. The molecule has 126 heavy (non-hydrogen) atoms. The Balaban J connectivity index is -0.00000128. The van der Waals surface area contributed by atoms with E-state index in [1.165, 1.54) is 138 Å². The first kappa shape index (κ1) is 123. The van der Waals surface area contributed by atoms with Gasteiger partial charge in [0.15, 0.2) is 17.1 Å². The Bertz CT molecular complexity index is 3420. The summed E-state index contributed by atoms with van der Waals surface area (Å²) in [5.74, 6) is 9.22. The van der Waals surface area contributed by atoms with Crippen LogP contribution in [0, 0.1) is 53.3 Å². The van der Waals surface area contributed by atoms with Gasteiger partial charge in [0.05, 0.1) is 44.9 Å². The summed E-state index contributed by atoms with van der Waals surface area (Å²) in [5, 5.41) is 28.1. The number of benzene rings is 6. The standard InChI is InChI=1S/C10H11NO.C10H11NS.2C7H5NO.2C7H5NS.C6H12.C5H11N.C5H10O.C4H10N2.C4H9NO.9C4H10/c2*1-7(2)10-11-8-5-3-4-6-9(8)12-10;1-2-4-7-6(3-1)5-9-8-7;1-2-4-7-6(3-1)5-8-9-7;1-2-4-7-6(3-1)5-9-8-7;1-2-4-7-6(3-1)5-8-9-7;3*1-2-4-6-5-3-1;1-2-6-4-3-5-1;1-3-6-4-2-5-1;9*1-4(2)3/h2*3-7H,1-2H3;4*1-5H;1-6H2;6H,1-5H2;1-5H2;5-6H,1-4H2;5H,1-4H2;9*4H,1-3H3. The first-order chi connectivity index (χ1) is 60.0. The fraction of sp³-hybridized carbons (Fsp3) is 0.611. The van der Waals surface area contributed by atoms with Crippen LogP contribution in [0.5, 0.6) is 0 Å². The smallest absolute Gasteiger partial charge is 0.198 e. The number of nitrogens with zero attached hydrogens (tertiary/aromatic N) is 6. The van der Waals surface area contributed by atoms with Gasteiger partial charge in [-0.25, -0.2) is 9.97 Å². The molecule has 17 rings (SSSR count). The quantitative estimate of drug-likeness (QED) is 0.128. The molecule has 6 aromatic carbocycles. The first-order valence-corrected chi connectivity index (χ1v) is 50.3. The van der Waals surface area contributed by atoms with Crippen LogP contribution in [0.2, 0.25) is 0 Å². The number of morpholine rings is 1. The number of piperidine rings is 1. The zero-order valence-electron chi connectivity index (χ0n) is 85.4. The number of oxazole rings is 1. The summed E-state index contributed by atoms with van der Waals surface area (Å²) in [7, 11) is 0. The zero-order chi connectivity index (χ0) is 94.9. The van der Waals surface area contributed by atoms with Crippen LogP contribution in [0.4, 0.5) is 0 Å². The highest BCUT2D eigenvalue weighted by atomic mass is 32.1.